The first kappa shape index (κ1) is 15.9. The second-order valence-corrected chi connectivity index (χ2v) is 5.20. The van der Waals surface area contributed by atoms with E-state index in [1.807, 2.05) is 6.07 Å². The van der Waals surface area contributed by atoms with E-state index in [1.54, 1.807) is 30.3 Å². The molecule has 0 radical (unpaired) electrons. The molecule has 0 heterocycles. The van der Waals surface area contributed by atoms with Crippen LogP contribution in [-0.4, -0.2) is 20.2 Å². The summed E-state index contributed by atoms with van der Waals surface area (Å²) in [6.45, 7) is 0. The third kappa shape index (κ3) is 2.69. The van der Waals surface area contributed by atoms with Crippen molar-refractivity contribution in [3.8, 4) is 16.9 Å². The van der Waals surface area contributed by atoms with Gasteiger partial charge in [0.2, 0.25) is 0 Å². The summed E-state index contributed by atoms with van der Waals surface area (Å²) >= 11 is 0. The Morgan fingerprint density at radius 2 is 1.79 bits per heavy atom. The van der Waals surface area contributed by atoms with Crippen molar-refractivity contribution < 1.29 is 23.0 Å². The van der Waals surface area contributed by atoms with Gasteiger partial charge in [0.05, 0.1) is 25.3 Å². The minimum Gasteiger partial charge on any atom is -0.496 e. The third-order valence-electron chi connectivity index (χ3n) is 3.81. The molecule has 0 unspecified atom stereocenters. The monoisotopic (exact) mass is 328 g/mol. The van der Waals surface area contributed by atoms with Crippen molar-refractivity contribution >= 4 is 16.7 Å². The van der Waals surface area contributed by atoms with Crippen LogP contribution < -0.4 is 4.74 Å². The molecule has 5 heteroatoms. The van der Waals surface area contributed by atoms with E-state index in [9.17, 15) is 13.6 Å². The number of methoxy groups -OCH3 is 2. The molecule has 0 saturated carbocycles. The fraction of sp³-hybridized carbons (Fsp3) is 0.105. The topological polar surface area (TPSA) is 35.5 Å². The second kappa shape index (κ2) is 6.28. The fourth-order valence-corrected chi connectivity index (χ4v) is 2.71. The molecule has 3 aromatic carbocycles. The lowest BCUT2D eigenvalue weighted by molar-refractivity contribution is 0.0601. The molecule has 0 aliphatic rings. The van der Waals surface area contributed by atoms with Crippen molar-refractivity contribution in [2.45, 2.75) is 0 Å². The lowest BCUT2D eigenvalue weighted by Crippen LogP contribution is -2.01. The molecule has 0 N–H and O–H groups in total. The van der Waals surface area contributed by atoms with Crippen molar-refractivity contribution in [2.24, 2.45) is 0 Å². The first-order valence-corrected chi connectivity index (χ1v) is 7.19. The predicted octanol–water partition coefficient (Wildman–Crippen LogP) is 4.58. The molecule has 0 atom stereocenters. The summed E-state index contributed by atoms with van der Waals surface area (Å²) in [6.07, 6.45) is 0. The quantitative estimate of drug-likeness (QED) is 0.660. The number of halogens is 2. The Bertz CT molecular complexity index is 935. The van der Waals surface area contributed by atoms with Gasteiger partial charge in [0, 0.05) is 12.1 Å². The lowest BCUT2D eigenvalue weighted by Gasteiger charge is -2.13. The zero-order chi connectivity index (χ0) is 17.3. The van der Waals surface area contributed by atoms with Crippen LogP contribution in [0.3, 0.4) is 0 Å². The Balaban J connectivity index is 2.33. The predicted molar refractivity (Wildman–Crippen MR) is 87.2 cm³/mol. The zero-order valence-corrected chi connectivity index (χ0v) is 13.1. The molecule has 24 heavy (non-hydrogen) atoms. The number of fused-ring (bicyclic) bond motifs is 1. The molecule has 0 fully saturated rings. The smallest absolute Gasteiger partial charge is 0.337 e. The third-order valence-corrected chi connectivity index (χ3v) is 3.81. The molecular weight excluding hydrogens is 314 g/mol. The summed E-state index contributed by atoms with van der Waals surface area (Å²) in [7, 11) is 2.64. The van der Waals surface area contributed by atoms with Crippen molar-refractivity contribution in [1.82, 2.24) is 0 Å². The number of carbonyl (C=O) groups excluding carboxylic acids is 1. The highest BCUT2D eigenvalue weighted by atomic mass is 19.1. The van der Waals surface area contributed by atoms with E-state index < -0.39 is 17.6 Å². The maximum Gasteiger partial charge on any atom is 0.337 e. The van der Waals surface area contributed by atoms with Gasteiger partial charge >= 0.3 is 5.97 Å². The molecule has 122 valence electrons. The van der Waals surface area contributed by atoms with Gasteiger partial charge in [0.25, 0.3) is 0 Å². The normalized spacial score (nSPS) is 10.7. The van der Waals surface area contributed by atoms with Crippen LogP contribution in [0.5, 0.6) is 5.75 Å². The highest BCUT2D eigenvalue weighted by Gasteiger charge is 2.17. The standard InChI is InChI=1S/C19H14F2O3/c1-23-17-10-13(20)9-16(21)18(17)14-5-3-4-11-6-7-12(8-15(11)14)19(22)24-2/h3-10H,1-2H3. The van der Waals surface area contributed by atoms with Crippen LogP contribution in [0.2, 0.25) is 0 Å². The van der Waals surface area contributed by atoms with Crippen LogP contribution in [0.1, 0.15) is 10.4 Å². The zero-order valence-electron chi connectivity index (χ0n) is 13.1. The number of ether oxygens (including phenoxy) is 2. The molecule has 0 aliphatic heterocycles. The van der Waals surface area contributed by atoms with Crippen molar-refractivity contribution in [2.75, 3.05) is 14.2 Å². The summed E-state index contributed by atoms with van der Waals surface area (Å²) in [4.78, 5) is 11.8. The Labute approximate surface area is 137 Å². The van der Waals surface area contributed by atoms with Crippen LogP contribution in [0, 0.1) is 11.6 Å². The first-order valence-electron chi connectivity index (χ1n) is 7.19. The fourth-order valence-electron chi connectivity index (χ4n) is 2.71. The second-order valence-electron chi connectivity index (χ2n) is 5.20. The molecule has 0 spiro atoms. The van der Waals surface area contributed by atoms with Gasteiger partial charge in [-0.3, -0.25) is 0 Å². The first-order chi connectivity index (χ1) is 11.5. The highest BCUT2D eigenvalue weighted by Crippen LogP contribution is 2.38. The molecule has 0 saturated heterocycles. The van der Waals surface area contributed by atoms with Crippen LogP contribution in [0.25, 0.3) is 21.9 Å². The van der Waals surface area contributed by atoms with E-state index in [1.165, 1.54) is 14.2 Å². The Morgan fingerprint density at radius 3 is 2.50 bits per heavy atom. The number of esters is 1. The van der Waals surface area contributed by atoms with E-state index >= 15 is 0 Å². The Hall–Kier alpha value is -2.95. The SMILES string of the molecule is COC(=O)c1ccc2cccc(-c3c(F)cc(F)cc3OC)c2c1. The lowest BCUT2D eigenvalue weighted by atomic mass is 9.95. The Morgan fingerprint density at radius 1 is 1.00 bits per heavy atom. The molecule has 0 amide bonds. The maximum absolute atomic E-state index is 14.4. The van der Waals surface area contributed by atoms with Gasteiger partial charge in [-0.05, 0) is 28.5 Å². The van der Waals surface area contributed by atoms with Gasteiger partial charge in [-0.2, -0.15) is 0 Å². The van der Waals surface area contributed by atoms with E-state index in [0.29, 0.717) is 16.5 Å². The molecule has 3 rings (SSSR count). The summed E-state index contributed by atoms with van der Waals surface area (Å²) in [6, 6.07) is 12.2. The van der Waals surface area contributed by atoms with Crippen LogP contribution in [0.4, 0.5) is 8.78 Å². The van der Waals surface area contributed by atoms with Crippen molar-refractivity contribution in [3.63, 3.8) is 0 Å². The van der Waals surface area contributed by atoms with Crippen LogP contribution in [-0.2, 0) is 4.74 Å². The summed E-state index contributed by atoms with van der Waals surface area (Å²) in [5.41, 5.74) is 0.998. The molecule has 0 aliphatic carbocycles. The molecule has 3 aromatic rings. The van der Waals surface area contributed by atoms with Gasteiger partial charge in [-0.15, -0.1) is 0 Å². The minimum absolute atomic E-state index is 0.0865. The van der Waals surface area contributed by atoms with Gasteiger partial charge in [0.1, 0.15) is 17.4 Å². The van der Waals surface area contributed by atoms with Gasteiger partial charge in [0.15, 0.2) is 0 Å². The number of rotatable bonds is 3. The van der Waals surface area contributed by atoms with Gasteiger partial charge in [-0.1, -0.05) is 24.3 Å². The molecule has 0 bridgehead atoms. The van der Waals surface area contributed by atoms with E-state index in [-0.39, 0.29) is 11.3 Å². The van der Waals surface area contributed by atoms with E-state index in [4.69, 9.17) is 9.47 Å². The van der Waals surface area contributed by atoms with Crippen LogP contribution in [0.15, 0.2) is 48.5 Å². The van der Waals surface area contributed by atoms with E-state index in [2.05, 4.69) is 0 Å². The summed E-state index contributed by atoms with van der Waals surface area (Å²) in [5.74, 6) is -1.85. The van der Waals surface area contributed by atoms with Gasteiger partial charge < -0.3 is 9.47 Å². The highest BCUT2D eigenvalue weighted by molar-refractivity contribution is 6.02. The number of benzene rings is 3. The average molecular weight is 328 g/mol. The summed E-state index contributed by atoms with van der Waals surface area (Å²) < 4.78 is 37.7. The Kier molecular flexibility index (Phi) is 4.16. The minimum atomic E-state index is -0.733. The van der Waals surface area contributed by atoms with E-state index in [0.717, 1.165) is 17.5 Å². The van der Waals surface area contributed by atoms with Crippen molar-refractivity contribution in [3.05, 3.63) is 65.7 Å². The van der Waals surface area contributed by atoms with Crippen LogP contribution >= 0.6 is 0 Å². The molecular formula is C19H14F2O3. The number of hydrogen-bond acceptors (Lipinski definition) is 3. The molecule has 3 nitrogen and oxygen atoms in total. The van der Waals surface area contributed by atoms with Crippen molar-refractivity contribution in [1.29, 1.82) is 0 Å². The maximum atomic E-state index is 14.4. The molecule has 0 aromatic heterocycles. The number of hydrogen-bond donors (Lipinski definition) is 0. The largest absolute Gasteiger partial charge is 0.496 e. The average Bonchev–Trinajstić information content (AvgIpc) is 2.59. The number of carbonyl (C=O) groups is 1. The van der Waals surface area contributed by atoms with Gasteiger partial charge in [-0.25, -0.2) is 13.6 Å². The summed E-state index contributed by atoms with van der Waals surface area (Å²) in [5, 5.41) is 1.45.